The van der Waals surface area contributed by atoms with Crippen molar-refractivity contribution in [3.8, 4) is 5.75 Å². The number of nitro benzene ring substituents is 1. The van der Waals surface area contributed by atoms with Crippen molar-refractivity contribution in [2.24, 2.45) is 0 Å². The van der Waals surface area contributed by atoms with E-state index in [1.807, 2.05) is 0 Å². The Balaban J connectivity index is 1.92. The molecule has 150 valence electrons. The Labute approximate surface area is 169 Å². The molecule has 1 aliphatic rings. The predicted octanol–water partition coefficient (Wildman–Crippen LogP) is 3.12. The van der Waals surface area contributed by atoms with Crippen LogP contribution in [-0.2, 0) is 9.59 Å². The highest BCUT2D eigenvalue weighted by Crippen LogP contribution is 2.39. The number of carbonyl (C=O) groups is 3. The van der Waals surface area contributed by atoms with Crippen molar-refractivity contribution in [2.45, 2.75) is 23.5 Å². The molecule has 2 aromatic carbocycles. The Hall–Kier alpha value is -3.40. The minimum atomic E-state index is -1.15. The van der Waals surface area contributed by atoms with E-state index >= 15 is 0 Å². The molecule has 1 aliphatic heterocycles. The molecule has 0 unspecified atom stereocenters. The van der Waals surface area contributed by atoms with Crippen molar-refractivity contribution in [2.75, 3.05) is 11.5 Å². The second kappa shape index (κ2) is 8.31. The van der Waals surface area contributed by atoms with Crippen LogP contribution < -0.4 is 9.64 Å². The first-order valence-electron chi connectivity index (χ1n) is 8.60. The highest BCUT2D eigenvalue weighted by molar-refractivity contribution is 8.00. The van der Waals surface area contributed by atoms with Gasteiger partial charge in [0.2, 0.25) is 11.8 Å². The normalized spacial score (nSPS) is 16.2. The maximum absolute atomic E-state index is 12.9. The van der Waals surface area contributed by atoms with Gasteiger partial charge in [-0.1, -0.05) is 12.1 Å². The van der Waals surface area contributed by atoms with Crippen LogP contribution >= 0.6 is 11.8 Å². The number of amides is 2. The minimum absolute atomic E-state index is 0.0169. The smallest absolute Gasteiger partial charge is 0.336 e. The number of carboxylic acids is 1. The zero-order valence-corrected chi connectivity index (χ0v) is 16.0. The molecule has 0 aromatic heterocycles. The summed E-state index contributed by atoms with van der Waals surface area (Å²) in [6, 6.07) is 10.1. The van der Waals surface area contributed by atoms with Crippen LogP contribution in [0.15, 0.2) is 47.4 Å². The van der Waals surface area contributed by atoms with Gasteiger partial charge in [0, 0.05) is 11.3 Å². The van der Waals surface area contributed by atoms with Gasteiger partial charge in [0.05, 0.1) is 28.4 Å². The Morgan fingerprint density at radius 1 is 1.31 bits per heavy atom. The lowest BCUT2D eigenvalue weighted by atomic mass is 10.2. The third-order valence-electron chi connectivity index (χ3n) is 4.19. The fourth-order valence-corrected chi connectivity index (χ4v) is 4.12. The molecule has 2 amide bonds. The zero-order chi connectivity index (χ0) is 21.1. The van der Waals surface area contributed by atoms with Gasteiger partial charge >= 0.3 is 5.97 Å². The van der Waals surface area contributed by atoms with Gasteiger partial charge in [0.25, 0.3) is 5.69 Å². The van der Waals surface area contributed by atoms with Gasteiger partial charge in [0.15, 0.2) is 0 Å². The number of anilines is 1. The first-order chi connectivity index (χ1) is 13.8. The van der Waals surface area contributed by atoms with Crippen LogP contribution in [-0.4, -0.2) is 39.7 Å². The lowest BCUT2D eigenvalue weighted by molar-refractivity contribution is -0.384. The second-order valence-corrected chi connectivity index (χ2v) is 7.26. The van der Waals surface area contributed by atoms with Gasteiger partial charge in [-0.25, -0.2) is 9.69 Å². The number of ether oxygens (including phenoxy) is 1. The molecule has 29 heavy (non-hydrogen) atoms. The van der Waals surface area contributed by atoms with Crippen LogP contribution in [0.5, 0.6) is 5.75 Å². The summed E-state index contributed by atoms with van der Waals surface area (Å²) in [5.74, 6) is -2.12. The first-order valence-corrected chi connectivity index (χ1v) is 9.48. The summed E-state index contributed by atoms with van der Waals surface area (Å²) in [6.45, 7) is 2.03. The quantitative estimate of drug-likeness (QED) is 0.414. The Bertz CT molecular complexity index is 1010. The Morgan fingerprint density at radius 3 is 2.69 bits per heavy atom. The van der Waals surface area contributed by atoms with E-state index in [1.165, 1.54) is 24.3 Å². The Morgan fingerprint density at radius 2 is 2.03 bits per heavy atom. The summed E-state index contributed by atoms with van der Waals surface area (Å²) in [5, 5.41) is 19.9. The van der Waals surface area contributed by atoms with Gasteiger partial charge in [0.1, 0.15) is 11.4 Å². The van der Waals surface area contributed by atoms with Gasteiger partial charge in [-0.3, -0.25) is 19.7 Å². The molecule has 0 bridgehead atoms. The summed E-state index contributed by atoms with van der Waals surface area (Å²) in [6.07, 6.45) is -0.193. The lowest BCUT2D eigenvalue weighted by Crippen LogP contribution is -2.31. The number of hydrogen-bond acceptors (Lipinski definition) is 7. The van der Waals surface area contributed by atoms with Crippen molar-refractivity contribution in [1.82, 2.24) is 0 Å². The van der Waals surface area contributed by atoms with Gasteiger partial charge < -0.3 is 9.84 Å². The maximum Gasteiger partial charge on any atom is 0.336 e. The molecule has 0 saturated carbocycles. The molecule has 1 atom stereocenters. The van der Waals surface area contributed by atoms with E-state index in [4.69, 9.17) is 4.74 Å². The summed E-state index contributed by atoms with van der Waals surface area (Å²) in [7, 11) is 0. The van der Waals surface area contributed by atoms with E-state index in [2.05, 4.69) is 0 Å². The van der Waals surface area contributed by atoms with Gasteiger partial charge in [-0.2, -0.15) is 0 Å². The number of carboxylic acid groups (broad SMARTS) is 1. The highest BCUT2D eigenvalue weighted by atomic mass is 32.2. The zero-order valence-electron chi connectivity index (χ0n) is 15.2. The highest BCUT2D eigenvalue weighted by Gasteiger charge is 2.43. The standard InChI is InChI=1S/C19H16N2O7S/c1-2-28-11-7-8-13(14(9-11)21(26)27)20-17(22)10-16(18(20)23)29-15-6-4-3-5-12(15)19(24)25/h3-9,16H,2,10H2,1H3,(H,24,25)/t16-/m0/s1. The first kappa shape index (κ1) is 20.3. The number of rotatable bonds is 7. The van der Waals surface area contributed by atoms with Crippen LogP contribution in [0.4, 0.5) is 11.4 Å². The molecule has 0 aliphatic carbocycles. The predicted molar refractivity (Wildman–Crippen MR) is 104 cm³/mol. The molecule has 1 heterocycles. The average molecular weight is 416 g/mol. The van der Waals surface area contributed by atoms with Crippen molar-refractivity contribution >= 4 is 40.9 Å². The van der Waals surface area contributed by atoms with Crippen molar-refractivity contribution in [1.29, 1.82) is 0 Å². The molecule has 1 saturated heterocycles. The van der Waals surface area contributed by atoms with E-state index in [-0.39, 0.29) is 23.4 Å². The third-order valence-corrected chi connectivity index (χ3v) is 5.45. The van der Waals surface area contributed by atoms with Crippen LogP contribution in [0.3, 0.4) is 0 Å². The van der Waals surface area contributed by atoms with Crippen LogP contribution in [0.1, 0.15) is 23.7 Å². The van der Waals surface area contributed by atoms with Gasteiger partial charge in [-0.15, -0.1) is 11.8 Å². The number of carbonyl (C=O) groups excluding carboxylic acids is 2. The van der Waals surface area contributed by atoms with Crippen molar-refractivity contribution in [3.63, 3.8) is 0 Å². The number of nitro groups is 1. The Kier molecular flexibility index (Phi) is 5.83. The summed E-state index contributed by atoms with van der Waals surface area (Å²) < 4.78 is 5.25. The molecule has 1 fully saturated rings. The topological polar surface area (TPSA) is 127 Å². The number of aromatic carboxylic acids is 1. The third kappa shape index (κ3) is 4.06. The molecular weight excluding hydrogens is 400 g/mol. The number of benzene rings is 2. The van der Waals surface area contributed by atoms with Crippen LogP contribution in [0, 0.1) is 10.1 Å². The second-order valence-electron chi connectivity index (χ2n) is 6.02. The summed E-state index contributed by atoms with van der Waals surface area (Å²) in [5.41, 5.74) is -0.541. The number of thioether (sulfide) groups is 1. The number of nitrogens with zero attached hydrogens (tertiary/aromatic N) is 2. The fraction of sp³-hybridized carbons (Fsp3) is 0.211. The van der Waals surface area contributed by atoms with Gasteiger partial charge in [-0.05, 0) is 31.2 Å². The van der Waals surface area contributed by atoms with E-state index in [0.717, 1.165) is 16.7 Å². The molecule has 10 heteroatoms. The van der Waals surface area contributed by atoms with E-state index in [0.29, 0.717) is 11.5 Å². The fourth-order valence-electron chi connectivity index (χ4n) is 2.94. The molecule has 3 rings (SSSR count). The molecular formula is C19H16N2O7S. The van der Waals surface area contributed by atoms with Crippen LogP contribution in [0.2, 0.25) is 0 Å². The number of imide groups is 1. The maximum atomic E-state index is 12.9. The molecule has 9 nitrogen and oxygen atoms in total. The number of hydrogen-bond donors (Lipinski definition) is 1. The average Bonchev–Trinajstić information content (AvgIpc) is 2.95. The molecule has 0 spiro atoms. The monoisotopic (exact) mass is 416 g/mol. The molecule has 2 aromatic rings. The van der Waals surface area contributed by atoms with Crippen LogP contribution in [0.25, 0.3) is 0 Å². The molecule has 1 N–H and O–H groups in total. The summed E-state index contributed by atoms with van der Waals surface area (Å²) >= 11 is 0.955. The largest absolute Gasteiger partial charge is 0.494 e. The van der Waals surface area contributed by atoms with E-state index < -0.39 is 33.6 Å². The SMILES string of the molecule is CCOc1ccc(N2C(=O)C[C@H](Sc3ccccc3C(=O)O)C2=O)c([N+](=O)[O-])c1. The minimum Gasteiger partial charge on any atom is -0.494 e. The lowest BCUT2D eigenvalue weighted by Gasteiger charge is -2.16. The van der Waals surface area contributed by atoms with Crippen molar-refractivity contribution < 1.29 is 29.2 Å². The van der Waals surface area contributed by atoms with E-state index in [1.54, 1.807) is 25.1 Å². The van der Waals surface area contributed by atoms with E-state index in [9.17, 15) is 29.6 Å². The van der Waals surface area contributed by atoms with Crippen molar-refractivity contribution in [3.05, 3.63) is 58.1 Å². The molecule has 0 radical (unpaired) electrons. The summed E-state index contributed by atoms with van der Waals surface area (Å²) in [4.78, 5) is 48.7.